The molecule has 0 saturated heterocycles. The van der Waals surface area contributed by atoms with Crippen LogP contribution in [0.4, 0.5) is 0 Å². The van der Waals surface area contributed by atoms with Gasteiger partial charge in [0.25, 0.3) is 4.84 Å². The maximum absolute atomic E-state index is 5.60. The summed E-state index contributed by atoms with van der Waals surface area (Å²) in [5, 5.41) is 0. The third-order valence-corrected chi connectivity index (χ3v) is 3.70. The molecule has 0 unspecified atom stereocenters. The highest BCUT2D eigenvalue weighted by Crippen LogP contribution is 2.27. The fraction of sp³-hybridized carbons (Fsp3) is 0.188. The van der Waals surface area contributed by atoms with E-state index in [-0.39, 0.29) is 0 Å². The van der Waals surface area contributed by atoms with Gasteiger partial charge in [0.1, 0.15) is 11.5 Å². The first-order valence-corrected chi connectivity index (χ1v) is 6.93. The maximum atomic E-state index is 5.60. The van der Waals surface area contributed by atoms with Crippen molar-refractivity contribution in [3.05, 3.63) is 52.9 Å². The van der Waals surface area contributed by atoms with Crippen LogP contribution in [-0.2, 0) is 6.54 Å². The number of para-hydroxylation sites is 2. The van der Waals surface area contributed by atoms with Crippen molar-refractivity contribution >= 4 is 23.3 Å². The van der Waals surface area contributed by atoms with E-state index < -0.39 is 0 Å². The van der Waals surface area contributed by atoms with Crippen molar-refractivity contribution in [2.75, 3.05) is 14.2 Å². The minimum atomic E-state index is 0.453. The third-order valence-electron chi connectivity index (χ3n) is 3.40. The molecule has 3 rings (SSSR count). The Morgan fingerprint density at radius 1 is 1.10 bits per heavy atom. The molecule has 0 atom stereocenters. The number of nitrogens with zero attached hydrogens (tertiary/aromatic N) is 1. The fourth-order valence-corrected chi connectivity index (χ4v) is 2.57. The molecule has 0 aliphatic heterocycles. The second-order valence-corrected chi connectivity index (χ2v) is 4.95. The maximum Gasteiger partial charge on any atom is 0.269 e. The molecule has 0 N–H and O–H groups in total. The Labute approximate surface area is 127 Å². The Morgan fingerprint density at radius 2 is 1.90 bits per heavy atom. The Bertz CT molecular complexity index is 835. The summed E-state index contributed by atoms with van der Waals surface area (Å²) in [4.78, 5) is 0.453. The molecule has 1 aromatic heterocycles. The highest BCUT2D eigenvalue weighted by atomic mass is 32.1. The van der Waals surface area contributed by atoms with Gasteiger partial charge in [0.15, 0.2) is 5.58 Å². The van der Waals surface area contributed by atoms with Gasteiger partial charge in [0.2, 0.25) is 0 Å². The summed E-state index contributed by atoms with van der Waals surface area (Å²) in [6.45, 7) is 0.586. The fourth-order valence-electron chi connectivity index (χ4n) is 2.32. The number of aromatic nitrogens is 1. The Hall–Kier alpha value is -2.27. The van der Waals surface area contributed by atoms with Crippen molar-refractivity contribution < 1.29 is 13.9 Å². The summed E-state index contributed by atoms with van der Waals surface area (Å²) in [6.07, 6.45) is 0. The summed E-state index contributed by atoms with van der Waals surface area (Å²) in [7, 11) is 3.28. The van der Waals surface area contributed by atoms with E-state index in [2.05, 4.69) is 0 Å². The molecule has 0 aliphatic rings. The Morgan fingerprint density at radius 3 is 2.67 bits per heavy atom. The predicted octanol–water partition coefficient (Wildman–Crippen LogP) is 4.03. The SMILES string of the molecule is COc1ccc(Cn2c(=S)oc3ccccc32)c(OC)c1. The Balaban J connectivity index is 2.06. The van der Waals surface area contributed by atoms with Crippen LogP contribution in [-0.4, -0.2) is 18.8 Å². The lowest BCUT2D eigenvalue weighted by atomic mass is 10.2. The van der Waals surface area contributed by atoms with Crippen LogP contribution in [0.3, 0.4) is 0 Å². The molecule has 3 aromatic rings. The number of ether oxygens (including phenoxy) is 2. The molecule has 1 heterocycles. The molecule has 108 valence electrons. The lowest BCUT2D eigenvalue weighted by Gasteiger charge is -2.11. The molecule has 0 aliphatic carbocycles. The van der Waals surface area contributed by atoms with Crippen molar-refractivity contribution in [1.29, 1.82) is 0 Å². The van der Waals surface area contributed by atoms with E-state index in [0.29, 0.717) is 11.4 Å². The van der Waals surface area contributed by atoms with Crippen LogP contribution in [0, 0.1) is 4.84 Å². The summed E-state index contributed by atoms with van der Waals surface area (Å²) in [5.74, 6) is 1.53. The number of fused-ring (bicyclic) bond motifs is 1. The molecule has 4 nitrogen and oxygen atoms in total. The number of rotatable bonds is 4. The number of benzene rings is 2. The molecule has 0 fully saturated rings. The van der Waals surface area contributed by atoms with E-state index in [1.54, 1.807) is 14.2 Å². The van der Waals surface area contributed by atoms with Crippen molar-refractivity contribution in [1.82, 2.24) is 4.57 Å². The first-order valence-electron chi connectivity index (χ1n) is 6.52. The quantitative estimate of drug-likeness (QED) is 0.682. The van der Waals surface area contributed by atoms with Crippen molar-refractivity contribution in [3.63, 3.8) is 0 Å². The van der Waals surface area contributed by atoms with E-state index in [9.17, 15) is 0 Å². The van der Waals surface area contributed by atoms with E-state index >= 15 is 0 Å². The topological polar surface area (TPSA) is 36.5 Å². The van der Waals surface area contributed by atoms with Gasteiger partial charge in [-0.1, -0.05) is 12.1 Å². The van der Waals surface area contributed by atoms with Crippen LogP contribution in [0.5, 0.6) is 11.5 Å². The summed E-state index contributed by atoms with van der Waals surface area (Å²) in [5.41, 5.74) is 2.77. The lowest BCUT2D eigenvalue weighted by molar-refractivity contribution is 0.390. The molecule has 0 amide bonds. The molecule has 0 radical (unpaired) electrons. The van der Waals surface area contributed by atoms with Gasteiger partial charge < -0.3 is 13.9 Å². The van der Waals surface area contributed by atoms with Gasteiger partial charge in [0, 0.05) is 11.6 Å². The zero-order valence-corrected chi connectivity index (χ0v) is 12.6. The van der Waals surface area contributed by atoms with E-state index in [1.807, 2.05) is 47.0 Å². The minimum Gasteiger partial charge on any atom is -0.497 e. The smallest absolute Gasteiger partial charge is 0.269 e. The summed E-state index contributed by atoms with van der Waals surface area (Å²) >= 11 is 5.31. The molecule has 5 heteroatoms. The number of hydrogen-bond acceptors (Lipinski definition) is 4. The second-order valence-electron chi connectivity index (χ2n) is 4.60. The first-order chi connectivity index (χ1) is 10.2. The molecule has 2 aromatic carbocycles. The summed E-state index contributed by atoms with van der Waals surface area (Å²) in [6, 6.07) is 13.5. The van der Waals surface area contributed by atoms with Gasteiger partial charge in [-0.3, -0.25) is 4.57 Å². The monoisotopic (exact) mass is 301 g/mol. The molecule has 0 spiro atoms. The highest BCUT2D eigenvalue weighted by molar-refractivity contribution is 7.71. The van der Waals surface area contributed by atoms with Gasteiger partial charge in [0.05, 0.1) is 26.3 Å². The molecular formula is C16H15NO3S. The van der Waals surface area contributed by atoms with Crippen LogP contribution in [0.1, 0.15) is 5.56 Å². The van der Waals surface area contributed by atoms with Crippen molar-refractivity contribution in [2.45, 2.75) is 6.54 Å². The van der Waals surface area contributed by atoms with Crippen LogP contribution in [0.2, 0.25) is 0 Å². The highest BCUT2D eigenvalue weighted by Gasteiger charge is 2.10. The molecule has 0 bridgehead atoms. The second kappa shape index (κ2) is 5.61. The standard InChI is InChI=1S/C16H15NO3S/c1-18-12-8-7-11(15(9-12)19-2)10-17-13-5-3-4-6-14(13)20-16(17)21/h3-9H,10H2,1-2H3. The Kier molecular flexibility index (Phi) is 3.66. The van der Waals surface area contributed by atoms with Crippen LogP contribution >= 0.6 is 12.2 Å². The van der Waals surface area contributed by atoms with Crippen LogP contribution < -0.4 is 9.47 Å². The third kappa shape index (κ3) is 2.52. The van der Waals surface area contributed by atoms with Gasteiger partial charge in [-0.2, -0.15) is 0 Å². The molecular weight excluding hydrogens is 286 g/mol. The van der Waals surface area contributed by atoms with Gasteiger partial charge in [-0.15, -0.1) is 0 Å². The van der Waals surface area contributed by atoms with E-state index in [1.165, 1.54) is 0 Å². The number of oxazole rings is 1. The molecule has 0 saturated carbocycles. The van der Waals surface area contributed by atoms with Gasteiger partial charge >= 0.3 is 0 Å². The number of methoxy groups -OCH3 is 2. The number of hydrogen-bond donors (Lipinski definition) is 0. The molecule has 21 heavy (non-hydrogen) atoms. The van der Waals surface area contributed by atoms with Crippen molar-refractivity contribution in [3.8, 4) is 11.5 Å². The van der Waals surface area contributed by atoms with Gasteiger partial charge in [-0.25, -0.2) is 0 Å². The average molecular weight is 301 g/mol. The zero-order valence-electron chi connectivity index (χ0n) is 11.8. The normalized spacial score (nSPS) is 10.8. The van der Waals surface area contributed by atoms with Gasteiger partial charge in [-0.05, 0) is 36.5 Å². The summed E-state index contributed by atoms with van der Waals surface area (Å²) < 4.78 is 18.2. The van der Waals surface area contributed by atoms with E-state index in [0.717, 1.165) is 28.2 Å². The van der Waals surface area contributed by atoms with Crippen LogP contribution in [0.15, 0.2) is 46.9 Å². The minimum absolute atomic E-state index is 0.453. The van der Waals surface area contributed by atoms with Crippen molar-refractivity contribution in [2.24, 2.45) is 0 Å². The predicted molar refractivity (Wildman–Crippen MR) is 83.7 cm³/mol. The van der Waals surface area contributed by atoms with Crippen LogP contribution in [0.25, 0.3) is 11.1 Å². The van der Waals surface area contributed by atoms with E-state index in [4.69, 9.17) is 26.1 Å². The zero-order chi connectivity index (χ0) is 14.8. The largest absolute Gasteiger partial charge is 0.497 e. The average Bonchev–Trinajstić information content (AvgIpc) is 2.83. The first kappa shape index (κ1) is 13.7. The lowest BCUT2D eigenvalue weighted by Crippen LogP contribution is -2.02.